The molecule has 92 valence electrons. The minimum atomic E-state index is 0.746. The Kier molecular flexibility index (Phi) is 4.61. The molecule has 0 heterocycles. The second-order valence-electron chi connectivity index (χ2n) is 4.08. The molecule has 0 amide bonds. The molecule has 0 radical (unpaired) electrons. The van der Waals surface area contributed by atoms with E-state index in [1.54, 1.807) is 11.8 Å². The molecule has 0 saturated heterocycles. The normalized spacial score (nSPS) is 10.3. The third kappa shape index (κ3) is 3.47. The Morgan fingerprint density at radius 3 is 2.78 bits per heavy atom. The van der Waals surface area contributed by atoms with Crippen molar-refractivity contribution >= 4 is 34.0 Å². The number of hydrogen-bond acceptors (Lipinski definition) is 2. The van der Waals surface area contributed by atoms with E-state index in [2.05, 4.69) is 47.1 Å². The van der Waals surface area contributed by atoms with Gasteiger partial charge in [0.15, 0.2) is 6.29 Å². The van der Waals surface area contributed by atoms with Crippen molar-refractivity contribution in [2.75, 3.05) is 0 Å². The van der Waals surface area contributed by atoms with Crippen molar-refractivity contribution in [2.45, 2.75) is 17.6 Å². The molecular formula is C15H13BrOS. The predicted molar refractivity (Wildman–Crippen MR) is 80.3 cm³/mol. The standard InChI is InChI=1S/C15H13BrOS/c1-11-3-2-4-12(7-11)10-18-15-8-14(16)6-5-13(15)9-17/h2-9H,10H2,1H3. The van der Waals surface area contributed by atoms with E-state index < -0.39 is 0 Å². The summed E-state index contributed by atoms with van der Waals surface area (Å²) < 4.78 is 1.000. The van der Waals surface area contributed by atoms with Crippen LogP contribution in [0, 0.1) is 6.92 Å². The Hall–Kier alpha value is -1.06. The molecule has 0 unspecified atom stereocenters. The molecule has 0 spiro atoms. The molecule has 2 aromatic rings. The van der Waals surface area contributed by atoms with Crippen molar-refractivity contribution in [2.24, 2.45) is 0 Å². The molecule has 2 aromatic carbocycles. The van der Waals surface area contributed by atoms with Crippen LogP contribution in [0.15, 0.2) is 51.8 Å². The summed E-state index contributed by atoms with van der Waals surface area (Å²) >= 11 is 5.12. The summed E-state index contributed by atoms with van der Waals surface area (Å²) in [6, 6.07) is 14.2. The Labute approximate surface area is 120 Å². The first-order chi connectivity index (χ1) is 8.69. The molecule has 1 nitrogen and oxygen atoms in total. The highest BCUT2D eigenvalue weighted by Gasteiger charge is 2.04. The second-order valence-corrected chi connectivity index (χ2v) is 6.01. The number of thioether (sulfide) groups is 1. The van der Waals surface area contributed by atoms with Crippen LogP contribution in [0.1, 0.15) is 21.5 Å². The van der Waals surface area contributed by atoms with Crippen LogP contribution in [0.4, 0.5) is 0 Å². The van der Waals surface area contributed by atoms with Crippen molar-refractivity contribution in [1.82, 2.24) is 0 Å². The Morgan fingerprint density at radius 2 is 2.06 bits per heavy atom. The van der Waals surface area contributed by atoms with Crippen LogP contribution < -0.4 is 0 Å². The number of carbonyl (C=O) groups is 1. The number of benzene rings is 2. The molecule has 0 aromatic heterocycles. The number of hydrogen-bond donors (Lipinski definition) is 0. The van der Waals surface area contributed by atoms with Gasteiger partial charge in [0.2, 0.25) is 0 Å². The van der Waals surface area contributed by atoms with E-state index in [0.717, 1.165) is 27.0 Å². The van der Waals surface area contributed by atoms with Gasteiger partial charge in [0, 0.05) is 20.7 Å². The van der Waals surface area contributed by atoms with Gasteiger partial charge < -0.3 is 0 Å². The lowest BCUT2D eigenvalue weighted by Gasteiger charge is -2.06. The SMILES string of the molecule is Cc1cccc(CSc2cc(Br)ccc2C=O)c1. The summed E-state index contributed by atoms with van der Waals surface area (Å²) in [5.41, 5.74) is 3.28. The summed E-state index contributed by atoms with van der Waals surface area (Å²) in [7, 11) is 0. The molecule has 0 saturated carbocycles. The van der Waals surface area contributed by atoms with Gasteiger partial charge in [-0.05, 0) is 30.7 Å². The van der Waals surface area contributed by atoms with Gasteiger partial charge in [-0.1, -0.05) is 45.8 Å². The molecule has 0 N–H and O–H groups in total. The minimum Gasteiger partial charge on any atom is -0.298 e. The second kappa shape index (κ2) is 6.21. The maximum atomic E-state index is 11.0. The molecule has 2 rings (SSSR count). The summed E-state index contributed by atoms with van der Waals surface area (Å²) in [6.07, 6.45) is 0.908. The van der Waals surface area contributed by atoms with Crippen molar-refractivity contribution in [3.05, 3.63) is 63.6 Å². The fourth-order valence-electron chi connectivity index (χ4n) is 1.69. The lowest BCUT2D eigenvalue weighted by atomic mass is 10.2. The predicted octanol–water partition coefficient (Wildman–Crippen LogP) is 4.86. The zero-order chi connectivity index (χ0) is 13.0. The van der Waals surface area contributed by atoms with Crippen LogP contribution in [0.5, 0.6) is 0 Å². The summed E-state index contributed by atoms with van der Waals surface area (Å²) in [4.78, 5) is 12.0. The van der Waals surface area contributed by atoms with E-state index in [4.69, 9.17) is 0 Å². The summed E-state index contributed by atoms with van der Waals surface area (Å²) in [6.45, 7) is 2.09. The number of aryl methyl sites for hydroxylation is 1. The first kappa shape index (κ1) is 13.4. The summed E-state index contributed by atoms with van der Waals surface area (Å²) in [5, 5.41) is 0. The molecule has 18 heavy (non-hydrogen) atoms. The number of carbonyl (C=O) groups excluding carboxylic acids is 1. The van der Waals surface area contributed by atoms with Gasteiger partial charge in [-0.2, -0.15) is 0 Å². The molecule has 0 aliphatic carbocycles. The Bertz CT molecular complexity index is 566. The van der Waals surface area contributed by atoms with Gasteiger partial charge in [0.05, 0.1) is 0 Å². The zero-order valence-corrected chi connectivity index (χ0v) is 12.4. The highest BCUT2D eigenvalue weighted by molar-refractivity contribution is 9.10. The van der Waals surface area contributed by atoms with E-state index in [9.17, 15) is 4.79 Å². The Balaban J connectivity index is 2.15. The van der Waals surface area contributed by atoms with E-state index in [-0.39, 0.29) is 0 Å². The lowest BCUT2D eigenvalue weighted by Crippen LogP contribution is -1.87. The van der Waals surface area contributed by atoms with Gasteiger partial charge in [-0.15, -0.1) is 11.8 Å². The Morgan fingerprint density at radius 1 is 1.22 bits per heavy atom. The first-order valence-electron chi connectivity index (χ1n) is 5.62. The molecule has 0 aliphatic rings. The van der Waals surface area contributed by atoms with Crippen LogP contribution in [0.2, 0.25) is 0 Å². The smallest absolute Gasteiger partial charge is 0.151 e. The van der Waals surface area contributed by atoms with Crippen LogP contribution in [-0.2, 0) is 5.75 Å². The van der Waals surface area contributed by atoms with Gasteiger partial charge in [0.25, 0.3) is 0 Å². The zero-order valence-electron chi connectivity index (χ0n) is 10.0. The molecule has 0 atom stereocenters. The fourth-order valence-corrected chi connectivity index (χ4v) is 3.20. The molecule has 3 heteroatoms. The van der Waals surface area contributed by atoms with E-state index in [0.29, 0.717) is 0 Å². The molecule has 0 aliphatic heterocycles. The van der Waals surface area contributed by atoms with Crippen LogP contribution in [0.3, 0.4) is 0 Å². The highest BCUT2D eigenvalue weighted by Crippen LogP contribution is 2.28. The maximum absolute atomic E-state index is 11.0. The molecule has 0 bridgehead atoms. The highest BCUT2D eigenvalue weighted by atomic mass is 79.9. The van der Waals surface area contributed by atoms with E-state index in [1.165, 1.54) is 11.1 Å². The number of aldehydes is 1. The average Bonchev–Trinajstić information content (AvgIpc) is 2.37. The van der Waals surface area contributed by atoms with Gasteiger partial charge in [-0.3, -0.25) is 4.79 Å². The largest absolute Gasteiger partial charge is 0.298 e. The maximum Gasteiger partial charge on any atom is 0.151 e. The van der Waals surface area contributed by atoms with Crippen molar-refractivity contribution < 1.29 is 4.79 Å². The van der Waals surface area contributed by atoms with Gasteiger partial charge in [-0.25, -0.2) is 0 Å². The third-order valence-corrected chi connectivity index (χ3v) is 4.21. The first-order valence-corrected chi connectivity index (χ1v) is 7.40. The van der Waals surface area contributed by atoms with E-state index in [1.807, 2.05) is 18.2 Å². The van der Waals surface area contributed by atoms with Crippen molar-refractivity contribution in [3.63, 3.8) is 0 Å². The number of halogens is 1. The van der Waals surface area contributed by atoms with Crippen molar-refractivity contribution in [3.8, 4) is 0 Å². The minimum absolute atomic E-state index is 0.746. The lowest BCUT2D eigenvalue weighted by molar-refractivity contribution is 0.112. The average molecular weight is 321 g/mol. The van der Waals surface area contributed by atoms with Crippen LogP contribution in [-0.4, -0.2) is 6.29 Å². The van der Waals surface area contributed by atoms with Crippen LogP contribution in [0.25, 0.3) is 0 Å². The van der Waals surface area contributed by atoms with Crippen LogP contribution >= 0.6 is 27.7 Å². The fraction of sp³-hybridized carbons (Fsp3) is 0.133. The molecule has 0 fully saturated rings. The van der Waals surface area contributed by atoms with Gasteiger partial charge >= 0.3 is 0 Å². The quantitative estimate of drug-likeness (QED) is 0.591. The van der Waals surface area contributed by atoms with E-state index >= 15 is 0 Å². The van der Waals surface area contributed by atoms with Crippen molar-refractivity contribution in [1.29, 1.82) is 0 Å². The number of rotatable bonds is 4. The summed E-state index contributed by atoms with van der Waals surface area (Å²) in [5.74, 6) is 0.874. The van der Waals surface area contributed by atoms with Gasteiger partial charge in [0.1, 0.15) is 0 Å². The monoisotopic (exact) mass is 320 g/mol. The topological polar surface area (TPSA) is 17.1 Å². The third-order valence-electron chi connectivity index (χ3n) is 2.58. The molecular weight excluding hydrogens is 308 g/mol.